The summed E-state index contributed by atoms with van der Waals surface area (Å²) >= 11 is 0. The lowest BCUT2D eigenvalue weighted by Gasteiger charge is -2.23. The van der Waals surface area contributed by atoms with Crippen molar-refractivity contribution in [1.29, 1.82) is 0 Å². The summed E-state index contributed by atoms with van der Waals surface area (Å²) in [5, 5.41) is 11.9. The Labute approximate surface area is 108 Å². The summed E-state index contributed by atoms with van der Waals surface area (Å²) in [6.45, 7) is 9.44. The monoisotopic (exact) mass is 247 g/mol. The molecule has 0 saturated heterocycles. The molecule has 2 rings (SSSR count). The summed E-state index contributed by atoms with van der Waals surface area (Å²) in [5.41, 5.74) is 1.89. The van der Waals surface area contributed by atoms with Crippen molar-refractivity contribution in [3.8, 4) is 0 Å². The van der Waals surface area contributed by atoms with Crippen molar-refractivity contribution in [2.75, 3.05) is 6.54 Å². The minimum absolute atomic E-state index is 0.322. The standard InChI is InChI=1S/C13H21N5/c1-5-11(14-6-2)9(3)12-13-17-16-10(4)18(13)8-7-15-12/h7-9,11,14H,5-6H2,1-4H3. The first-order valence-corrected chi connectivity index (χ1v) is 6.58. The molecule has 0 saturated carbocycles. The van der Waals surface area contributed by atoms with Crippen LogP contribution < -0.4 is 5.32 Å². The van der Waals surface area contributed by atoms with E-state index in [0.717, 1.165) is 30.1 Å². The molecular formula is C13H21N5. The summed E-state index contributed by atoms with van der Waals surface area (Å²) in [4.78, 5) is 4.51. The predicted molar refractivity (Wildman–Crippen MR) is 71.7 cm³/mol. The van der Waals surface area contributed by atoms with Gasteiger partial charge in [0.05, 0.1) is 5.69 Å². The van der Waals surface area contributed by atoms with E-state index in [4.69, 9.17) is 0 Å². The fourth-order valence-electron chi connectivity index (χ4n) is 2.41. The lowest BCUT2D eigenvalue weighted by atomic mass is 9.96. The number of rotatable bonds is 5. The Morgan fingerprint density at radius 2 is 2.11 bits per heavy atom. The van der Waals surface area contributed by atoms with E-state index in [9.17, 15) is 0 Å². The molecule has 18 heavy (non-hydrogen) atoms. The highest BCUT2D eigenvalue weighted by atomic mass is 15.2. The molecule has 2 atom stereocenters. The van der Waals surface area contributed by atoms with Crippen molar-refractivity contribution in [1.82, 2.24) is 24.9 Å². The van der Waals surface area contributed by atoms with Crippen LogP contribution >= 0.6 is 0 Å². The molecule has 2 unspecified atom stereocenters. The van der Waals surface area contributed by atoms with Crippen LogP contribution in [0.25, 0.3) is 5.65 Å². The maximum Gasteiger partial charge on any atom is 0.182 e. The molecule has 0 aliphatic carbocycles. The van der Waals surface area contributed by atoms with Gasteiger partial charge in [-0.15, -0.1) is 10.2 Å². The van der Waals surface area contributed by atoms with E-state index >= 15 is 0 Å². The third kappa shape index (κ3) is 2.22. The van der Waals surface area contributed by atoms with Crippen molar-refractivity contribution in [2.24, 2.45) is 0 Å². The van der Waals surface area contributed by atoms with Gasteiger partial charge >= 0.3 is 0 Å². The van der Waals surface area contributed by atoms with Gasteiger partial charge in [-0.3, -0.25) is 9.38 Å². The smallest absolute Gasteiger partial charge is 0.182 e. The second-order valence-electron chi connectivity index (χ2n) is 4.61. The van der Waals surface area contributed by atoms with Crippen molar-refractivity contribution in [3.63, 3.8) is 0 Å². The second kappa shape index (κ2) is 5.44. The van der Waals surface area contributed by atoms with Crippen LogP contribution in [-0.4, -0.2) is 32.2 Å². The van der Waals surface area contributed by atoms with Gasteiger partial charge in [-0.25, -0.2) is 0 Å². The Bertz CT molecular complexity index is 519. The van der Waals surface area contributed by atoms with Gasteiger partial charge in [0.25, 0.3) is 0 Å². The van der Waals surface area contributed by atoms with Crippen molar-refractivity contribution >= 4 is 5.65 Å². The maximum atomic E-state index is 4.51. The fraction of sp³-hybridized carbons (Fsp3) is 0.615. The number of likely N-dealkylation sites (N-methyl/N-ethyl adjacent to an activating group) is 1. The number of aryl methyl sites for hydroxylation is 1. The molecule has 2 aromatic rings. The lowest BCUT2D eigenvalue weighted by molar-refractivity contribution is 0.443. The first-order valence-electron chi connectivity index (χ1n) is 6.58. The van der Waals surface area contributed by atoms with Crippen molar-refractivity contribution in [2.45, 2.75) is 46.1 Å². The predicted octanol–water partition coefficient (Wildman–Crippen LogP) is 1.92. The average molecular weight is 247 g/mol. The molecule has 0 aromatic carbocycles. The molecule has 0 amide bonds. The molecule has 0 aliphatic heterocycles. The molecule has 0 fully saturated rings. The number of fused-ring (bicyclic) bond motifs is 1. The van der Waals surface area contributed by atoms with Gasteiger partial charge in [-0.05, 0) is 19.9 Å². The molecule has 98 valence electrons. The van der Waals surface area contributed by atoms with Crippen molar-refractivity contribution < 1.29 is 0 Å². The molecule has 0 aliphatic rings. The van der Waals surface area contributed by atoms with Crippen molar-refractivity contribution in [3.05, 3.63) is 23.9 Å². The van der Waals surface area contributed by atoms with E-state index in [-0.39, 0.29) is 0 Å². The maximum absolute atomic E-state index is 4.51. The number of hydrogen-bond acceptors (Lipinski definition) is 4. The Balaban J connectivity index is 2.40. The quantitative estimate of drug-likeness (QED) is 0.877. The third-order valence-corrected chi connectivity index (χ3v) is 3.47. The molecule has 0 spiro atoms. The molecule has 2 aromatic heterocycles. The minimum Gasteiger partial charge on any atom is -0.314 e. The zero-order valence-electron chi connectivity index (χ0n) is 11.5. The summed E-state index contributed by atoms with van der Waals surface area (Å²) in [6, 6.07) is 0.422. The highest BCUT2D eigenvalue weighted by Crippen LogP contribution is 2.22. The topological polar surface area (TPSA) is 55.1 Å². The van der Waals surface area contributed by atoms with E-state index in [0.29, 0.717) is 12.0 Å². The fourth-order valence-corrected chi connectivity index (χ4v) is 2.41. The van der Waals surface area contributed by atoms with Crippen LogP contribution in [-0.2, 0) is 0 Å². The van der Waals surface area contributed by atoms with E-state index in [2.05, 4.69) is 41.3 Å². The Morgan fingerprint density at radius 3 is 2.78 bits per heavy atom. The molecule has 5 nitrogen and oxygen atoms in total. The average Bonchev–Trinajstić information content (AvgIpc) is 2.77. The highest BCUT2D eigenvalue weighted by molar-refractivity contribution is 5.45. The Morgan fingerprint density at radius 1 is 1.33 bits per heavy atom. The number of nitrogens with one attached hydrogen (secondary N) is 1. The molecule has 1 N–H and O–H groups in total. The van der Waals surface area contributed by atoms with Gasteiger partial charge in [-0.1, -0.05) is 20.8 Å². The Hall–Kier alpha value is -1.49. The molecular weight excluding hydrogens is 226 g/mol. The van der Waals surface area contributed by atoms with E-state index in [1.165, 1.54) is 0 Å². The Kier molecular flexibility index (Phi) is 3.91. The van der Waals surface area contributed by atoms with Gasteiger partial charge in [0.15, 0.2) is 5.65 Å². The van der Waals surface area contributed by atoms with E-state index < -0.39 is 0 Å². The summed E-state index contributed by atoms with van der Waals surface area (Å²) in [6.07, 6.45) is 4.81. The highest BCUT2D eigenvalue weighted by Gasteiger charge is 2.21. The summed E-state index contributed by atoms with van der Waals surface area (Å²) < 4.78 is 2.00. The first kappa shape index (κ1) is 13.0. The molecule has 0 radical (unpaired) electrons. The number of hydrogen-bond donors (Lipinski definition) is 1. The van der Waals surface area contributed by atoms with E-state index in [1.807, 2.05) is 23.7 Å². The molecule has 5 heteroatoms. The van der Waals surface area contributed by atoms with Crippen LogP contribution in [0.4, 0.5) is 0 Å². The third-order valence-electron chi connectivity index (χ3n) is 3.47. The normalized spacial score (nSPS) is 14.9. The minimum atomic E-state index is 0.322. The second-order valence-corrected chi connectivity index (χ2v) is 4.61. The first-order chi connectivity index (χ1) is 8.69. The number of aromatic nitrogens is 4. The van der Waals surface area contributed by atoms with Crippen LogP contribution in [0.15, 0.2) is 12.4 Å². The lowest BCUT2D eigenvalue weighted by Crippen LogP contribution is -2.33. The summed E-state index contributed by atoms with van der Waals surface area (Å²) in [7, 11) is 0. The van der Waals surface area contributed by atoms with Gasteiger partial charge < -0.3 is 5.32 Å². The molecule has 2 heterocycles. The summed E-state index contributed by atoms with van der Waals surface area (Å²) in [5.74, 6) is 1.22. The molecule has 0 bridgehead atoms. The zero-order valence-corrected chi connectivity index (χ0v) is 11.5. The SMILES string of the molecule is CCNC(CC)C(C)c1nccn2c(C)nnc12. The van der Waals surface area contributed by atoms with Crippen LogP contribution in [0.5, 0.6) is 0 Å². The van der Waals surface area contributed by atoms with Gasteiger partial charge in [-0.2, -0.15) is 0 Å². The van der Waals surface area contributed by atoms with E-state index in [1.54, 1.807) is 0 Å². The number of nitrogens with zero attached hydrogens (tertiary/aromatic N) is 4. The van der Waals surface area contributed by atoms with Gasteiger partial charge in [0, 0.05) is 24.4 Å². The van der Waals surface area contributed by atoms with Crippen LogP contribution in [0.1, 0.15) is 44.6 Å². The van der Waals surface area contributed by atoms with Gasteiger partial charge in [0.2, 0.25) is 0 Å². The van der Waals surface area contributed by atoms with Gasteiger partial charge in [0.1, 0.15) is 5.82 Å². The van der Waals surface area contributed by atoms with Crippen LogP contribution in [0.3, 0.4) is 0 Å². The largest absolute Gasteiger partial charge is 0.314 e. The van der Waals surface area contributed by atoms with Crippen LogP contribution in [0, 0.1) is 6.92 Å². The van der Waals surface area contributed by atoms with Crippen LogP contribution in [0.2, 0.25) is 0 Å². The zero-order chi connectivity index (χ0) is 13.1.